The van der Waals surface area contributed by atoms with Crippen molar-refractivity contribution >= 4 is 29.3 Å². The average Bonchev–Trinajstić information content (AvgIpc) is 2.09. The van der Waals surface area contributed by atoms with Crippen molar-refractivity contribution in [3.8, 4) is 0 Å². The number of nitrogens with one attached hydrogen (secondary N) is 1. The van der Waals surface area contributed by atoms with Crippen molar-refractivity contribution in [1.29, 1.82) is 0 Å². The van der Waals surface area contributed by atoms with E-state index in [4.69, 9.17) is 11.6 Å². The van der Waals surface area contributed by atoms with Gasteiger partial charge in [0.15, 0.2) is 0 Å². The second-order valence-corrected chi connectivity index (χ2v) is 3.57. The maximum Gasteiger partial charge on any atom is 0.222 e. The third-order valence-corrected chi connectivity index (χ3v) is 2.02. The zero-order valence-corrected chi connectivity index (χ0v) is 8.32. The normalized spacial score (nSPS) is 9.83. The summed E-state index contributed by atoms with van der Waals surface area (Å²) in [5.74, 6) is 1.68. The molecule has 0 bridgehead atoms. The topological polar surface area (TPSA) is 37.8 Å². The lowest BCUT2D eigenvalue weighted by Gasteiger charge is -2.01. The molecule has 66 valence electrons. The quantitative estimate of drug-likeness (QED) is 0.759. The fourth-order valence-electron chi connectivity index (χ4n) is 0.668. The summed E-state index contributed by atoms with van der Waals surface area (Å²) in [7, 11) is 0. The van der Waals surface area contributed by atoms with Crippen molar-refractivity contribution < 1.29 is 0 Å². The molecule has 0 radical (unpaired) electrons. The summed E-state index contributed by atoms with van der Waals surface area (Å²) in [6.07, 6.45) is 5.22. The fourth-order valence-corrected chi connectivity index (χ4v) is 1.07. The van der Waals surface area contributed by atoms with Crippen LogP contribution in [0.5, 0.6) is 0 Å². The SMILES string of the molecule is CSCCNc1ncc(Cl)cn1. The van der Waals surface area contributed by atoms with E-state index in [9.17, 15) is 0 Å². The van der Waals surface area contributed by atoms with Crippen LogP contribution in [0.25, 0.3) is 0 Å². The van der Waals surface area contributed by atoms with Gasteiger partial charge in [-0.1, -0.05) is 11.6 Å². The van der Waals surface area contributed by atoms with Crippen molar-refractivity contribution in [3.63, 3.8) is 0 Å². The Hall–Kier alpha value is -0.480. The van der Waals surface area contributed by atoms with E-state index in [1.165, 1.54) is 0 Å². The summed E-state index contributed by atoms with van der Waals surface area (Å²) in [5, 5.41) is 3.63. The van der Waals surface area contributed by atoms with E-state index in [-0.39, 0.29) is 0 Å². The second kappa shape index (κ2) is 5.22. The zero-order chi connectivity index (χ0) is 8.81. The van der Waals surface area contributed by atoms with E-state index in [0.29, 0.717) is 11.0 Å². The number of nitrogens with zero attached hydrogens (tertiary/aromatic N) is 2. The van der Waals surface area contributed by atoms with Gasteiger partial charge in [0.05, 0.1) is 17.4 Å². The number of hydrogen-bond acceptors (Lipinski definition) is 4. The van der Waals surface area contributed by atoms with Crippen LogP contribution in [0.1, 0.15) is 0 Å². The van der Waals surface area contributed by atoms with Crippen molar-refractivity contribution in [1.82, 2.24) is 9.97 Å². The third kappa shape index (κ3) is 3.28. The number of anilines is 1. The Bertz CT molecular complexity index is 227. The minimum Gasteiger partial charge on any atom is -0.353 e. The highest BCUT2D eigenvalue weighted by Gasteiger charge is 1.93. The zero-order valence-electron chi connectivity index (χ0n) is 6.75. The molecule has 0 atom stereocenters. The van der Waals surface area contributed by atoms with Gasteiger partial charge in [0, 0.05) is 12.3 Å². The summed E-state index contributed by atoms with van der Waals surface area (Å²) in [6.45, 7) is 0.878. The molecule has 0 aliphatic rings. The predicted molar refractivity (Wildman–Crippen MR) is 53.9 cm³/mol. The molecule has 1 heterocycles. The molecule has 3 nitrogen and oxygen atoms in total. The highest BCUT2D eigenvalue weighted by molar-refractivity contribution is 7.98. The maximum absolute atomic E-state index is 5.62. The first-order valence-corrected chi connectivity index (χ1v) is 5.30. The molecule has 0 aliphatic carbocycles. The molecule has 0 fully saturated rings. The van der Waals surface area contributed by atoms with Gasteiger partial charge >= 0.3 is 0 Å². The Labute approximate surface area is 80.9 Å². The highest BCUT2D eigenvalue weighted by Crippen LogP contribution is 2.05. The van der Waals surface area contributed by atoms with E-state index in [1.54, 1.807) is 24.2 Å². The molecule has 12 heavy (non-hydrogen) atoms. The summed E-state index contributed by atoms with van der Waals surface area (Å²) >= 11 is 7.40. The Morgan fingerprint density at radius 1 is 1.50 bits per heavy atom. The molecule has 0 aromatic carbocycles. The van der Waals surface area contributed by atoms with E-state index >= 15 is 0 Å². The molecule has 0 amide bonds. The van der Waals surface area contributed by atoms with Gasteiger partial charge in [0.1, 0.15) is 0 Å². The van der Waals surface area contributed by atoms with Crippen LogP contribution in [0.15, 0.2) is 12.4 Å². The van der Waals surface area contributed by atoms with Gasteiger partial charge in [0.2, 0.25) is 5.95 Å². The number of rotatable bonds is 4. The summed E-state index contributed by atoms with van der Waals surface area (Å²) in [6, 6.07) is 0. The molecule has 1 aromatic rings. The summed E-state index contributed by atoms with van der Waals surface area (Å²) in [5.41, 5.74) is 0. The molecule has 1 rings (SSSR count). The molecular weight excluding hydrogens is 194 g/mol. The van der Waals surface area contributed by atoms with Gasteiger partial charge in [-0.3, -0.25) is 0 Å². The Morgan fingerprint density at radius 2 is 2.17 bits per heavy atom. The van der Waals surface area contributed by atoms with Crippen LogP contribution >= 0.6 is 23.4 Å². The van der Waals surface area contributed by atoms with Gasteiger partial charge < -0.3 is 5.32 Å². The van der Waals surface area contributed by atoms with Crippen molar-refractivity contribution in [3.05, 3.63) is 17.4 Å². The fraction of sp³-hybridized carbons (Fsp3) is 0.429. The van der Waals surface area contributed by atoms with Gasteiger partial charge in [-0.25, -0.2) is 9.97 Å². The minimum absolute atomic E-state index is 0.561. The molecule has 0 spiro atoms. The number of thioether (sulfide) groups is 1. The van der Waals surface area contributed by atoms with Crippen LogP contribution in [0, 0.1) is 0 Å². The summed E-state index contributed by atoms with van der Waals surface area (Å²) in [4.78, 5) is 7.97. The molecule has 5 heteroatoms. The second-order valence-electron chi connectivity index (χ2n) is 2.14. The smallest absolute Gasteiger partial charge is 0.222 e. The van der Waals surface area contributed by atoms with Gasteiger partial charge in [0.25, 0.3) is 0 Å². The van der Waals surface area contributed by atoms with Gasteiger partial charge in [-0.2, -0.15) is 11.8 Å². The summed E-state index contributed by atoms with van der Waals surface area (Å²) < 4.78 is 0. The average molecular weight is 204 g/mol. The molecule has 0 saturated carbocycles. The molecule has 0 saturated heterocycles. The molecular formula is C7H10ClN3S. The first-order chi connectivity index (χ1) is 5.83. The Morgan fingerprint density at radius 3 is 2.75 bits per heavy atom. The van der Waals surface area contributed by atoms with Crippen molar-refractivity contribution in [2.45, 2.75) is 0 Å². The van der Waals surface area contributed by atoms with Crippen LogP contribution in [-0.2, 0) is 0 Å². The van der Waals surface area contributed by atoms with E-state index in [2.05, 4.69) is 21.5 Å². The standard InChI is InChI=1S/C7H10ClN3S/c1-12-3-2-9-7-10-4-6(8)5-11-7/h4-5H,2-3H2,1H3,(H,9,10,11). The maximum atomic E-state index is 5.62. The lowest BCUT2D eigenvalue weighted by Crippen LogP contribution is -2.06. The van der Waals surface area contributed by atoms with E-state index in [1.807, 2.05) is 0 Å². The van der Waals surface area contributed by atoms with Crippen molar-refractivity contribution in [2.24, 2.45) is 0 Å². The first-order valence-electron chi connectivity index (χ1n) is 3.53. The lowest BCUT2D eigenvalue weighted by molar-refractivity contribution is 1.09. The Kier molecular flexibility index (Phi) is 4.18. The third-order valence-electron chi connectivity index (χ3n) is 1.21. The van der Waals surface area contributed by atoms with Crippen LogP contribution in [-0.4, -0.2) is 28.5 Å². The largest absolute Gasteiger partial charge is 0.353 e. The van der Waals surface area contributed by atoms with Crippen LogP contribution < -0.4 is 5.32 Å². The molecule has 0 aliphatic heterocycles. The van der Waals surface area contributed by atoms with Gasteiger partial charge in [-0.05, 0) is 6.26 Å². The number of halogens is 1. The van der Waals surface area contributed by atoms with E-state index < -0.39 is 0 Å². The van der Waals surface area contributed by atoms with Gasteiger partial charge in [-0.15, -0.1) is 0 Å². The van der Waals surface area contributed by atoms with Crippen LogP contribution in [0.4, 0.5) is 5.95 Å². The Balaban J connectivity index is 2.37. The first kappa shape index (κ1) is 9.61. The number of aromatic nitrogens is 2. The number of hydrogen-bond donors (Lipinski definition) is 1. The highest BCUT2D eigenvalue weighted by atomic mass is 35.5. The minimum atomic E-state index is 0.561. The van der Waals surface area contributed by atoms with Crippen LogP contribution in [0.3, 0.4) is 0 Å². The molecule has 1 N–H and O–H groups in total. The molecule has 0 unspecified atom stereocenters. The van der Waals surface area contributed by atoms with E-state index in [0.717, 1.165) is 12.3 Å². The lowest BCUT2D eigenvalue weighted by atomic mass is 10.6. The monoisotopic (exact) mass is 203 g/mol. The molecule has 1 aromatic heterocycles. The van der Waals surface area contributed by atoms with Crippen molar-refractivity contribution in [2.75, 3.05) is 23.9 Å². The van der Waals surface area contributed by atoms with Crippen LogP contribution in [0.2, 0.25) is 5.02 Å². The predicted octanol–water partition coefficient (Wildman–Crippen LogP) is 1.90.